The van der Waals surface area contributed by atoms with E-state index in [1.54, 1.807) is 10.8 Å². The number of hydrogen-bond acceptors (Lipinski definition) is 7. The van der Waals surface area contributed by atoms with Gasteiger partial charge in [0.05, 0.1) is 11.5 Å². The number of rotatable bonds is 6. The molecule has 2 fully saturated rings. The number of likely N-dealkylation sites (N-methyl/N-ethyl adjacent to an activating group) is 1. The summed E-state index contributed by atoms with van der Waals surface area (Å²) in [5.41, 5.74) is 1.34. The lowest BCUT2D eigenvalue weighted by molar-refractivity contribution is -0.134. The number of fused-ring (bicyclic) bond motifs is 3. The summed E-state index contributed by atoms with van der Waals surface area (Å²) < 4.78 is 39.3. The highest BCUT2D eigenvalue weighted by Gasteiger charge is 2.27. The monoisotopic (exact) mass is 518 g/mol. The molecule has 8 nitrogen and oxygen atoms in total. The van der Waals surface area contributed by atoms with Gasteiger partial charge >= 0.3 is 6.18 Å². The molecule has 11 heteroatoms. The number of piperazine rings is 1. The van der Waals surface area contributed by atoms with Crippen molar-refractivity contribution in [3.05, 3.63) is 34.7 Å². The second-order valence-corrected chi connectivity index (χ2v) is 10.2. The van der Waals surface area contributed by atoms with Crippen LogP contribution in [0, 0.1) is 0 Å². The van der Waals surface area contributed by atoms with E-state index in [2.05, 4.69) is 32.1 Å². The van der Waals surface area contributed by atoms with Crippen molar-refractivity contribution in [3.8, 4) is 0 Å². The van der Waals surface area contributed by atoms with Crippen LogP contribution in [0.1, 0.15) is 44.6 Å². The Labute approximate surface area is 213 Å². The molecule has 3 heterocycles. The molecule has 3 aromatic rings. The number of hydrogen-bond donors (Lipinski definition) is 2. The maximum Gasteiger partial charge on any atom is 0.389 e. The van der Waals surface area contributed by atoms with Gasteiger partial charge in [-0.05, 0) is 56.7 Å². The van der Waals surface area contributed by atoms with Crippen molar-refractivity contribution < 1.29 is 18.3 Å². The summed E-state index contributed by atoms with van der Waals surface area (Å²) in [7, 11) is 2.10. The van der Waals surface area contributed by atoms with Crippen molar-refractivity contribution in [2.45, 2.75) is 56.8 Å². The van der Waals surface area contributed by atoms with Gasteiger partial charge in [0.25, 0.3) is 5.56 Å². The van der Waals surface area contributed by atoms with Gasteiger partial charge in [-0.3, -0.25) is 9.36 Å². The Morgan fingerprint density at radius 1 is 1.05 bits per heavy atom. The SMILES string of the molecule is CN1CCN(c2ccc3c(c2)c(=O)n([C@H]2CC[C@H](O)CC2)c2nc(NCCCC(F)(F)F)ncc32)CC1. The summed E-state index contributed by atoms with van der Waals surface area (Å²) in [5.74, 6) is 0.201. The molecule has 1 aliphatic carbocycles. The number of anilines is 2. The van der Waals surface area contributed by atoms with Gasteiger partial charge in [0, 0.05) is 62.5 Å². The summed E-state index contributed by atoms with van der Waals surface area (Å²) in [4.78, 5) is 27.5. The van der Waals surface area contributed by atoms with Gasteiger partial charge in [-0.1, -0.05) is 6.07 Å². The van der Waals surface area contributed by atoms with Crippen molar-refractivity contribution in [3.63, 3.8) is 0 Å². The van der Waals surface area contributed by atoms with Crippen LogP contribution >= 0.6 is 0 Å². The van der Waals surface area contributed by atoms with Gasteiger partial charge < -0.3 is 20.2 Å². The van der Waals surface area contributed by atoms with Gasteiger partial charge in [0.1, 0.15) is 5.65 Å². The molecule has 0 amide bonds. The Bertz CT molecular complexity index is 1310. The first-order valence-electron chi connectivity index (χ1n) is 13.0. The molecule has 1 aromatic carbocycles. The number of aliphatic hydroxyl groups is 1. The van der Waals surface area contributed by atoms with Crippen LogP contribution in [0.4, 0.5) is 24.8 Å². The lowest BCUT2D eigenvalue weighted by Crippen LogP contribution is -2.44. The highest BCUT2D eigenvalue weighted by molar-refractivity contribution is 6.05. The number of aromatic nitrogens is 3. The second-order valence-electron chi connectivity index (χ2n) is 10.2. The molecule has 37 heavy (non-hydrogen) atoms. The fraction of sp³-hybridized carbons (Fsp3) is 0.577. The highest BCUT2D eigenvalue weighted by Crippen LogP contribution is 2.33. The predicted octanol–water partition coefficient (Wildman–Crippen LogP) is 3.93. The molecule has 2 N–H and O–H groups in total. The van der Waals surface area contributed by atoms with E-state index in [0.29, 0.717) is 36.7 Å². The van der Waals surface area contributed by atoms with Crippen molar-refractivity contribution in [2.24, 2.45) is 0 Å². The molecular weight excluding hydrogens is 485 g/mol. The molecule has 200 valence electrons. The van der Waals surface area contributed by atoms with E-state index in [-0.39, 0.29) is 36.6 Å². The highest BCUT2D eigenvalue weighted by atomic mass is 19.4. The van der Waals surface area contributed by atoms with E-state index in [1.165, 1.54) is 0 Å². The Kier molecular flexibility index (Phi) is 7.26. The maximum absolute atomic E-state index is 14.0. The topological polar surface area (TPSA) is 86.5 Å². The van der Waals surface area contributed by atoms with Crippen molar-refractivity contribution in [1.82, 2.24) is 19.4 Å². The van der Waals surface area contributed by atoms with Crippen LogP contribution in [0.25, 0.3) is 21.8 Å². The zero-order chi connectivity index (χ0) is 26.2. The quantitative estimate of drug-likeness (QED) is 0.378. The standard InChI is InChI=1S/C26H33F3N6O2/c1-33-11-13-34(14-12-33)18-5-8-20-21(15-18)24(37)35(17-3-6-19(36)7-4-17)23-22(20)16-31-25(32-23)30-10-2-9-26(27,28)29/h5,8,15-17,19,36H,2-4,6-7,9-14H2,1H3,(H,30,31,32)/t17-,19-. The number of halogens is 3. The van der Waals surface area contributed by atoms with Crippen LogP contribution in [0.5, 0.6) is 0 Å². The Morgan fingerprint density at radius 2 is 1.78 bits per heavy atom. The van der Waals surface area contributed by atoms with Crippen LogP contribution in [-0.4, -0.2) is 76.6 Å². The molecule has 0 bridgehead atoms. The molecule has 5 rings (SSSR count). The van der Waals surface area contributed by atoms with Gasteiger partial charge in [-0.15, -0.1) is 0 Å². The average molecular weight is 519 g/mol. The van der Waals surface area contributed by atoms with E-state index in [0.717, 1.165) is 42.6 Å². The molecular formula is C26H33F3N6O2. The van der Waals surface area contributed by atoms with Crippen LogP contribution < -0.4 is 15.8 Å². The van der Waals surface area contributed by atoms with Crippen LogP contribution in [0.15, 0.2) is 29.2 Å². The first-order valence-corrected chi connectivity index (χ1v) is 13.0. The molecule has 2 aliphatic rings. The molecule has 0 unspecified atom stereocenters. The number of nitrogens with one attached hydrogen (secondary N) is 1. The number of pyridine rings is 1. The van der Waals surface area contributed by atoms with E-state index < -0.39 is 12.6 Å². The van der Waals surface area contributed by atoms with Gasteiger partial charge in [0.15, 0.2) is 0 Å². The zero-order valence-electron chi connectivity index (χ0n) is 21.0. The molecule has 0 radical (unpaired) electrons. The maximum atomic E-state index is 14.0. The minimum atomic E-state index is -4.21. The molecule has 2 aromatic heterocycles. The molecule has 1 saturated carbocycles. The second kappa shape index (κ2) is 10.4. The fourth-order valence-corrected chi connectivity index (χ4v) is 5.41. The summed E-state index contributed by atoms with van der Waals surface area (Å²) >= 11 is 0. The number of benzene rings is 1. The smallest absolute Gasteiger partial charge is 0.389 e. The largest absolute Gasteiger partial charge is 0.393 e. The van der Waals surface area contributed by atoms with E-state index in [4.69, 9.17) is 0 Å². The summed E-state index contributed by atoms with van der Waals surface area (Å²) in [5, 5.41) is 15.0. The number of alkyl halides is 3. The van der Waals surface area contributed by atoms with Crippen LogP contribution in [0.2, 0.25) is 0 Å². The third-order valence-electron chi connectivity index (χ3n) is 7.56. The Hall–Kier alpha value is -2.92. The Morgan fingerprint density at radius 3 is 2.49 bits per heavy atom. The average Bonchev–Trinajstić information content (AvgIpc) is 2.87. The van der Waals surface area contributed by atoms with Gasteiger partial charge in [-0.25, -0.2) is 4.98 Å². The van der Waals surface area contributed by atoms with Crippen molar-refractivity contribution in [2.75, 3.05) is 50.0 Å². The van der Waals surface area contributed by atoms with Gasteiger partial charge in [-0.2, -0.15) is 18.2 Å². The fourth-order valence-electron chi connectivity index (χ4n) is 5.41. The lowest BCUT2D eigenvalue weighted by atomic mass is 9.92. The van der Waals surface area contributed by atoms with Crippen molar-refractivity contribution in [1.29, 1.82) is 0 Å². The molecule has 0 spiro atoms. The lowest BCUT2D eigenvalue weighted by Gasteiger charge is -2.34. The van der Waals surface area contributed by atoms with Crippen LogP contribution in [0.3, 0.4) is 0 Å². The minimum Gasteiger partial charge on any atom is -0.393 e. The first kappa shape index (κ1) is 25.7. The predicted molar refractivity (Wildman–Crippen MR) is 138 cm³/mol. The van der Waals surface area contributed by atoms with Gasteiger partial charge in [0.2, 0.25) is 5.95 Å². The molecule has 1 aliphatic heterocycles. The number of nitrogens with zero attached hydrogens (tertiary/aromatic N) is 5. The Balaban J connectivity index is 1.55. The van der Waals surface area contributed by atoms with E-state index in [1.807, 2.05) is 18.2 Å². The molecule has 0 atom stereocenters. The van der Waals surface area contributed by atoms with Crippen molar-refractivity contribution >= 4 is 33.4 Å². The van der Waals surface area contributed by atoms with E-state index >= 15 is 0 Å². The number of aliphatic hydroxyl groups excluding tert-OH is 1. The summed E-state index contributed by atoms with van der Waals surface area (Å²) in [6.07, 6.45) is -1.40. The summed E-state index contributed by atoms with van der Waals surface area (Å²) in [6.45, 7) is 3.76. The normalized spacial score (nSPS) is 21.6. The summed E-state index contributed by atoms with van der Waals surface area (Å²) in [6, 6.07) is 5.81. The molecule has 1 saturated heterocycles. The third kappa shape index (κ3) is 5.67. The first-order chi connectivity index (χ1) is 17.7. The minimum absolute atomic E-state index is 0.0762. The third-order valence-corrected chi connectivity index (χ3v) is 7.56. The van der Waals surface area contributed by atoms with E-state index in [9.17, 15) is 23.1 Å². The zero-order valence-corrected chi connectivity index (χ0v) is 21.0. The van der Waals surface area contributed by atoms with Crippen LogP contribution in [-0.2, 0) is 0 Å².